The van der Waals surface area contributed by atoms with Crippen molar-refractivity contribution in [3.63, 3.8) is 0 Å². The first-order chi connectivity index (χ1) is 15.3. The first kappa shape index (κ1) is 23.7. The van der Waals surface area contributed by atoms with Crippen molar-refractivity contribution in [1.82, 2.24) is 4.90 Å². The minimum absolute atomic E-state index is 0.181. The van der Waals surface area contributed by atoms with Gasteiger partial charge >= 0.3 is 6.18 Å². The quantitative estimate of drug-likeness (QED) is 0.650. The molecule has 0 radical (unpaired) electrons. The lowest BCUT2D eigenvalue weighted by atomic mass is 10.1. The Morgan fingerprint density at radius 2 is 1.72 bits per heavy atom. The standard InChI is InChI=1S/C23H28F3N3O3/c1-3-31-19-8-9-21(32-4-2)20(15-19)27-22(30)16-28-10-12-29(13-11-28)18-7-5-6-17(14-18)23(24,25)26/h5-9,14-15H,3-4,10-13,16H2,1-2H3,(H,27,30). The van der Waals surface area contributed by atoms with Crippen molar-refractivity contribution in [1.29, 1.82) is 0 Å². The second kappa shape index (κ2) is 10.6. The van der Waals surface area contributed by atoms with Gasteiger partial charge in [-0.05, 0) is 44.2 Å². The molecule has 1 fully saturated rings. The molecule has 174 valence electrons. The van der Waals surface area contributed by atoms with Crippen LogP contribution in [0.15, 0.2) is 42.5 Å². The summed E-state index contributed by atoms with van der Waals surface area (Å²) in [5.74, 6) is 1.02. The Labute approximate surface area is 185 Å². The minimum Gasteiger partial charge on any atom is -0.494 e. The number of nitrogens with one attached hydrogen (secondary N) is 1. The summed E-state index contributed by atoms with van der Waals surface area (Å²) in [6.45, 7) is 7.13. The Bertz CT molecular complexity index is 913. The smallest absolute Gasteiger partial charge is 0.416 e. The molecule has 1 N–H and O–H groups in total. The zero-order chi connectivity index (χ0) is 23.1. The summed E-state index contributed by atoms with van der Waals surface area (Å²) in [6.07, 6.45) is -4.37. The summed E-state index contributed by atoms with van der Waals surface area (Å²) in [5.41, 5.74) is 0.430. The molecule has 2 aromatic rings. The van der Waals surface area contributed by atoms with E-state index >= 15 is 0 Å². The van der Waals surface area contributed by atoms with Gasteiger partial charge in [0, 0.05) is 37.9 Å². The van der Waals surface area contributed by atoms with Crippen molar-refractivity contribution in [3.8, 4) is 11.5 Å². The molecule has 1 aliphatic heterocycles. The molecule has 1 heterocycles. The molecule has 0 unspecified atom stereocenters. The number of piperazine rings is 1. The van der Waals surface area contributed by atoms with Crippen LogP contribution in [0.2, 0.25) is 0 Å². The molecular formula is C23H28F3N3O3. The van der Waals surface area contributed by atoms with Crippen LogP contribution in [0.3, 0.4) is 0 Å². The van der Waals surface area contributed by atoms with Gasteiger partial charge in [-0.15, -0.1) is 0 Å². The number of nitrogens with zero attached hydrogens (tertiary/aromatic N) is 2. The zero-order valence-electron chi connectivity index (χ0n) is 18.2. The maximum absolute atomic E-state index is 13.0. The maximum atomic E-state index is 13.0. The molecular weight excluding hydrogens is 423 g/mol. The highest BCUT2D eigenvalue weighted by Gasteiger charge is 2.31. The van der Waals surface area contributed by atoms with E-state index in [1.807, 2.05) is 23.6 Å². The van der Waals surface area contributed by atoms with Gasteiger partial charge in [-0.1, -0.05) is 6.07 Å². The molecule has 9 heteroatoms. The highest BCUT2D eigenvalue weighted by molar-refractivity contribution is 5.94. The highest BCUT2D eigenvalue weighted by Crippen LogP contribution is 2.32. The Balaban J connectivity index is 1.57. The summed E-state index contributed by atoms with van der Waals surface area (Å²) >= 11 is 0. The molecule has 6 nitrogen and oxygen atoms in total. The number of anilines is 2. The number of halogens is 3. The van der Waals surface area contributed by atoms with Crippen molar-refractivity contribution < 1.29 is 27.4 Å². The summed E-state index contributed by atoms with van der Waals surface area (Å²) < 4.78 is 50.0. The zero-order valence-corrected chi connectivity index (χ0v) is 18.2. The van der Waals surface area contributed by atoms with E-state index in [1.54, 1.807) is 24.3 Å². The van der Waals surface area contributed by atoms with Crippen LogP contribution in [-0.4, -0.2) is 56.7 Å². The first-order valence-electron chi connectivity index (χ1n) is 10.6. The lowest BCUT2D eigenvalue weighted by Crippen LogP contribution is -2.48. The largest absolute Gasteiger partial charge is 0.494 e. The lowest BCUT2D eigenvalue weighted by Gasteiger charge is -2.36. The van der Waals surface area contributed by atoms with Gasteiger partial charge in [0.1, 0.15) is 11.5 Å². The van der Waals surface area contributed by atoms with Gasteiger partial charge < -0.3 is 19.7 Å². The summed E-state index contributed by atoms with van der Waals surface area (Å²) in [6, 6.07) is 10.6. The summed E-state index contributed by atoms with van der Waals surface area (Å²) in [5, 5.41) is 2.88. The SMILES string of the molecule is CCOc1ccc(OCC)c(NC(=O)CN2CCN(c3cccc(C(F)(F)F)c3)CC2)c1. The summed E-state index contributed by atoms with van der Waals surface area (Å²) in [4.78, 5) is 16.5. The Morgan fingerprint density at radius 1 is 1.00 bits per heavy atom. The molecule has 1 saturated heterocycles. The Hall–Kier alpha value is -2.94. The molecule has 3 rings (SSSR count). The van der Waals surface area contributed by atoms with E-state index in [1.165, 1.54) is 12.1 Å². The fourth-order valence-corrected chi connectivity index (χ4v) is 3.58. The predicted molar refractivity (Wildman–Crippen MR) is 118 cm³/mol. The molecule has 32 heavy (non-hydrogen) atoms. The number of alkyl halides is 3. The number of carbonyl (C=O) groups excluding carboxylic acids is 1. The number of rotatable bonds is 8. The van der Waals surface area contributed by atoms with Gasteiger partial charge in [-0.2, -0.15) is 13.2 Å². The van der Waals surface area contributed by atoms with Crippen LogP contribution >= 0.6 is 0 Å². The van der Waals surface area contributed by atoms with Crippen LogP contribution in [0.4, 0.5) is 24.5 Å². The molecule has 0 spiro atoms. The predicted octanol–water partition coefficient (Wildman–Crippen LogP) is 4.26. The summed E-state index contributed by atoms with van der Waals surface area (Å²) in [7, 11) is 0. The van der Waals surface area contributed by atoms with Crippen molar-refractivity contribution in [2.24, 2.45) is 0 Å². The number of benzene rings is 2. The van der Waals surface area contributed by atoms with E-state index in [4.69, 9.17) is 9.47 Å². The number of hydrogen-bond acceptors (Lipinski definition) is 5. The third-order valence-corrected chi connectivity index (χ3v) is 5.11. The maximum Gasteiger partial charge on any atom is 0.416 e. The van der Waals surface area contributed by atoms with Crippen molar-refractivity contribution >= 4 is 17.3 Å². The molecule has 1 amide bonds. The van der Waals surface area contributed by atoms with Gasteiger partial charge in [0.25, 0.3) is 0 Å². The van der Waals surface area contributed by atoms with Crippen LogP contribution < -0.4 is 19.7 Å². The molecule has 0 saturated carbocycles. The van der Waals surface area contributed by atoms with Crippen LogP contribution in [-0.2, 0) is 11.0 Å². The number of ether oxygens (including phenoxy) is 2. The van der Waals surface area contributed by atoms with E-state index < -0.39 is 11.7 Å². The molecule has 0 bridgehead atoms. The molecule has 1 aliphatic rings. The molecule has 0 aromatic heterocycles. The van der Waals surface area contributed by atoms with E-state index in [-0.39, 0.29) is 12.5 Å². The average molecular weight is 451 g/mol. The van der Waals surface area contributed by atoms with Crippen molar-refractivity contribution in [2.75, 3.05) is 56.2 Å². The van der Waals surface area contributed by atoms with E-state index in [0.29, 0.717) is 62.3 Å². The van der Waals surface area contributed by atoms with Gasteiger partial charge in [-0.25, -0.2) is 0 Å². The van der Waals surface area contributed by atoms with Crippen LogP contribution in [0.25, 0.3) is 0 Å². The Morgan fingerprint density at radius 3 is 2.38 bits per heavy atom. The molecule has 0 atom stereocenters. The topological polar surface area (TPSA) is 54.0 Å². The first-order valence-corrected chi connectivity index (χ1v) is 10.6. The van der Waals surface area contributed by atoms with Crippen molar-refractivity contribution in [3.05, 3.63) is 48.0 Å². The van der Waals surface area contributed by atoms with Crippen LogP contribution in [0.5, 0.6) is 11.5 Å². The highest BCUT2D eigenvalue weighted by atomic mass is 19.4. The third-order valence-electron chi connectivity index (χ3n) is 5.11. The fraction of sp³-hybridized carbons (Fsp3) is 0.435. The number of hydrogen-bond donors (Lipinski definition) is 1. The fourth-order valence-electron chi connectivity index (χ4n) is 3.58. The van der Waals surface area contributed by atoms with Crippen LogP contribution in [0.1, 0.15) is 19.4 Å². The minimum atomic E-state index is -4.37. The number of amides is 1. The van der Waals surface area contributed by atoms with Crippen molar-refractivity contribution in [2.45, 2.75) is 20.0 Å². The van der Waals surface area contributed by atoms with Gasteiger partial charge in [-0.3, -0.25) is 9.69 Å². The van der Waals surface area contributed by atoms with Crippen LogP contribution in [0, 0.1) is 0 Å². The van der Waals surface area contributed by atoms with Gasteiger partial charge in [0.05, 0.1) is 31.0 Å². The van der Waals surface area contributed by atoms with E-state index in [2.05, 4.69) is 5.32 Å². The Kier molecular flexibility index (Phi) is 7.84. The third kappa shape index (κ3) is 6.29. The second-order valence-corrected chi connectivity index (χ2v) is 7.38. The number of carbonyl (C=O) groups is 1. The molecule has 2 aromatic carbocycles. The van der Waals surface area contributed by atoms with Gasteiger partial charge in [0.2, 0.25) is 5.91 Å². The van der Waals surface area contributed by atoms with E-state index in [9.17, 15) is 18.0 Å². The van der Waals surface area contributed by atoms with E-state index in [0.717, 1.165) is 6.07 Å². The second-order valence-electron chi connectivity index (χ2n) is 7.38. The normalized spacial score (nSPS) is 14.8. The molecule has 0 aliphatic carbocycles. The van der Waals surface area contributed by atoms with Gasteiger partial charge in [0.15, 0.2) is 0 Å². The lowest BCUT2D eigenvalue weighted by molar-refractivity contribution is -0.137. The monoisotopic (exact) mass is 451 g/mol. The average Bonchev–Trinajstić information content (AvgIpc) is 2.76.